The molecule has 0 saturated heterocycles. The Morgan fingerprint density at radius 2 is 1.89 bits per heavy atom. The normalized spacial score (nSPS) is 15.7. The van der Waals surface area contributed by atoms with Crippen LogP contribution < -0.4 is 9.75 Å². The predicted octanol–water partition coefficient (Wildman–Crippen LogP) is 5.36. The van der Waals surface area contributed by atoms with E-state index in [1.54, 1.807) is 42.5 Å². The van der Waals surface area contributed by atoms with Gasteiger partial charge < -0.3 is 4.74 Å². The van der Waals surface area contributed by atoms with E-state index in [-0.39, 0.29) is 12.3 Å². The summed E-state index contributed by atoms with van der Waals surface area (Å²) in [5.74, 6) is -0.336. The maximum absolute atomic E-state index is 13.5. The van der Waals surface area contributed by atoms with Crippen LogP contribution in [0.1, 0.15) is 5.56 Å². The Kier molecular flexibility index (Phi) is 5.69. The third kappa shape index (κ3) is 4.17. The third-order valence-electron chi connectivity index (χ3n) is 3.77. The largest absolute Gasteiger partial charge is 0.488 e. The molecule has 4 nitrogen and oxygen atoms in total. The van der Waals surface area contributed by atoms with Gasteiger partial charge in [0.05, 0.1) is 15.7 Å². The molecule has 0 spiro atoms. The molecule has 1 heterocycles. The molecule has 1 aliphatic heterocycles. The lowest BCUT2D eigenvalue weighted by molar-refractivity contribution is -0.114. The first-order valence-corrected chi connectivity index (χ1v) is 8.91. The van der Waals surface area contributed by atoms with Crippen LogP contribution in [0, 0.1) is 0 Å². The molecule has 0 fully saturated rings. The summed E-state index contributed by atoms with van der Waals surface area (Å²) >= 11 is 3.31. The van der Waals surface area contributed by atoms with Crippen molar-refractivity contribution in [3.8, 4) is 5.75 Å². The zero-order valence-electron chi connectivity index (χ0n) is 14.4. The standard InChI is InChI=1S/C20H14BrF3N2O2/c1-2-10-28-17-9-8-13(12-16(17)21)11-15-18(20(22,23)24)25-26(19(15)27)14-6-4-3-5-7-14/h2-9,11-12H,1,10H2/b15-11-. The van der Waals surface area contributed by atoms with Crippen LogP contribution in [0.2, 0.25) is 0 Å². The third-order valence-corrected chi connectivity index (χ3v) is 4.39. The van der Waals surface area contributed by atoms with Crippen LogP contribution in [0.3, 0.4) is 0 Å². The van der Waals surface area contributed by atoms with Crippen molar-refractivity contribution in [2.24, 2.45) is 5.10 Å². The highest BCUT2D eigenvalue weighted by Gasteiger charge is 2.46. The van der Waals surface area contributed by atoms with Gasteiger partial charge in [0.2, 0.25) is 0 Å². The second kappa shape index (κ2) is 8.02. The van der Waals surface area contributed by atoms with E-state index in [0.717, 1.165) is 5.01 Å². The average Bonchev–Trinajstić information content (AvgIpc) is 2.99. The monoisotopic (exact) mass is 450 g/mol. The molecule has 8 heteroatoms. The van der Waals surface area contributed by atoms with Crippen LogP contribution in [-0.4, -0.2) is 24.4 Å². The molecule has 0 saturated carbocycles. The minimum Gasteiger partial charge on any atom is -0.488 e. The van der Waals surface area contributed by atoms with Crippen molar-refractivity contribution in [3.05, 3.63) is 76.8 Å². The molecule has 1 aliphatic rings. The molecule has 0 aliphatic carbocycles. The number of rotatable bonds is 5. The number of hydrazone groups is 1. The molecular formula is C20H14BrF3N2O2. The fraction of sp³-hybridized carbons (Fsp3) is 0.100. The van der Waals surface area contributed by atoms with Crippen molar-refractivity contribution in [2.45, 2.75) is 6.18 Å². The van der Waals surface area contributed by atoms with Gasteiger partial charge in [-0.1, -0.05) is 36.9 Å². The number of amides is 1. The fourth-order valence-electron chi connectivity index (χ4n) is 2.54. The molecule has 0 unspecified atom stereocenters. The number of benzene rings is 2. The van der Waals surface area contributed by atoms with Crippen LogP contribution in [0.4, 0.5) is 18.9 Å². The van der Waals surface area contributed by atoms with Gasteiger partial charge >= 0.3 is 6.18 Å². The number of halogens is 4. The number of nitrogens with zero attached hydrogens (tertiary/aromatic N) is 2. The molecule has 0 bridgehead atoms. The van der Waals surface area contributed by atoms with Crippen LogP contribution >= 0.6 is 15.9 Å². The molecule has 2 aromatic rings. The first-order valence-electron chi connectivity index (χ1n) is 8.12. The summed E-state index contributed by atoms with van der Waals surface area (Å²) < 4.78 is 46.4. The van der Waals surface area contributed by atoms with E-state index in [9.17, 15) is 18.0 Å². The lowest BCUT2D eigenvalue weighted by atomic mass is 10.1. The average molecular weight is 451 g/mol. The Morgan fingerprint density at radius 1 is 1.18 bits per heavy atom. The van der Waals surface area contributed by atoms with Gasteiger partial charge in [-0.3, -0.25) is 4.79 Å². The second-order valence-corrected chi connectivity index (χ2v) is 6.60. The van der Waals surface area contributed by atoms with Crippen LogP contribution in [0.15, 0.2) is 76.3 Å². The fourth-order valence-corrected chi connectivity index (χ4v) is 3.05. The van der Waals surface area contributed by atoms with E-state index in [0.29, 0.717) is 15.8 Å². The first-order chi connectivity index (χ1) is 13.3. The SMILES string of the molecule is C=CCOc1ccc(/C=C2\C(=O)N(c3ccccc3)N=C2C(F)(F)F)cc1Br. The molecule has 0 atom stereocenters. The molecule has 144 valence electrons. The molecule has 0 aromatic heterocycles. The van der Waals surface area contributed by atoms with Gasteiger partial charge in [0, 0.05) is 0 Å². The van der Waals surface area contributed by atoms with Crippen LogP contribution in [0.5, 0.6) is 5.75 Å². The number of carbonyl (C=O) groups excluding carboxylic acids is 1. The number of hydrogen-bond acceptors (Lipinski definition) is 3. The number of alkyl halides is 3. The molecule has 3 rings (SSSR count). The number of hydrogen-bond donors (Lipinski definition) is 0. The minimum absolute atomic E-state index is 0.256. The van der Waals surface area contributed by atoms with Gasteiger partial charge in [-0.25, -0.2) is 0 Å². The Labute approximate surface area is 167 Å². The van der Waals surface area contributed by atoms with E-state index >= 15 is 0 Å². The topological polar surface area (TPSA) is 41.9 Å². The van der Waals surface area contributed by atoms with Crippen LogP contribution in [-0.2, 0) is 4.79 Å². The van der Waals surface area contributed by atoms with Gasteiger partial charge in [-0.2, -0.15) is 23.3 Å². The number of ether oxygens (including phenoxy) is 1. The zero-order valence-corrected chi connectivity index (χ0v) is 16.0. The second-order valence-electron chi connectivity index (χ2n) is 5.75. The number of carbonyl (C=O) groups is 1. The summed E-state index contributed by atoms with van der Waals surface area (Å²) in [6, 6.07) is 12.7. The van der Waals surface area contributed by atoms with Gasteiger partial charge in [-0.15, -0.1) is 0 Å². The number of para-hydroxylation sites is 1. The Hall–Kier alpha value is -2.87. The van der Waals surface area contributed by atoms with E-state index in [4.69, 9.17) is 4.74 Å². The summed E-state index contributed by atoms with van der Waals surface area (Å²) in [7, 11) is 0. The van der Waals surface area contributed by atoms with E-state index in [1.807, 2.05) is 0 Å². The quantitative estimate of drug-likeness (QED) is 0.454. The maximum atomic E-state index is 13.5. The summed E-state index contributed by atoms with van der Waals surface area (Å²) in [5, 5.41) is 4.28. The van der Waals surface area contributed by atoms with Crippen molar-refractivity contribution >= 4 is 39.3 Å². The number of anilines is 1. The highest BCUT2D eigenvalue weighted by atomic mass is 79.9. The first kappa shape index (κ1) is 19.9. The lowest BCUT2D eigenvalue weighted by Crippen LogP contribution is -2.25. The van der Waals surface area contributed by atoms with Crippen molar-refractivity contribution in [1.82, 2.24) is 0 Å². The summed E-state index contributed by atoms with van der Waals surface area (Å²) in [6.07, 6.45) is -2.03. The van der Waals surface area contributed by atoms with Crippen molar-refractivity contribution < 1.29 is 22.7 Å². The maximum Gasteiger partial charge on any atom is 0.435 e. The molecule has 28 heavy (non-hydrogen) atoms. The van der Waals surface area contributed by atoms with Crippen molar-refractivity contribution in [2.75, 3.05) is 11.6 Å². The van der Waals surface area contributed by atoms with Gasteiger partial charge in [0.25, 0.3) is 5.91 Å². The molecule has 0 radical (unpaired) electrons. The van der Waals surface area contributed by atoms with Crippen molar-refractivity contribution in [1.29, 1.82) is 0 Å². The lowest BCUT2D eigenvalue weighted by Gasteiger charge is -2.11. The molecule has 2 aromatic carbocycles. The van der Waals surface area contributed by atoms with Gasteiger partial charge in [0.15, 0.2) is 5.71 Å². The zero-order chi connectivity index (χ0) is 20.3. The molecular weight excluding hydrogens is 437 g/mol. The highest BCUT2D eigenvalue weighted by molar-refractivity contribution is 9.10. The van der Waals surface area contributed by atoms with E-state index < -0.39 is 23.4 Å². The Morgan fingerprint density at radius 3 is 2.50 bits per heavy atom. The Balaban J connectivity index is 1.99. The molecule has 1 amide bonds. The molecule has 0 N–H and O–H groups in total. The minimum atomic E-state index is -4.77. The highest BCUT2D eigenvalue weighted by Crippen LogP contribution is 2.33. The summed E-state index contributed by atoms with van der Waals surface area (Å²) in [4.78, 5) is 12.7. The Bertz CT molecular complexity index is 969. The van der Waals surface area contributed by atoms with E-state index in [1.165, 1.54) is 18.2 Å². The van der Waals surface area contributed by atoms with Gasteiger partial charge in [-0.05, 0) is 51.8 Å². The smallest absolute Gasteiger partial charge is 0.435 e. The summed E-state index contributed by atoms with van der Waals surface area (Å²) in [5.41, 5.74) is -1.10. The van der Waals surface area contributed by atoms with E-state index in [2.05, 4.69) is 27.6 Å². The summed E-state index contributed by atoms with van der Waals surface area (Å²) in [6.45, 7) is 3.84. The van der Waals surface area contributed by atoms with Crippen LogP contribution in [0.25, 0.3) is 6.08 Å². The van der Waals surface area contributed by atoms with Crippen molar-refractivity contribution in [3.63, 3.8) is 0 Å². The predicted molar refractivity (Wildman–Crippen MR) is 105 cm³/mol. The van der Waals surface area contributed by atoms with Gasteiger partial charge in [0.1, 0.15) is 12.4 Å².